The highest BCUT2D eigenvalue weighted by atomic mass is 35.5. The van der Waals surface area contributed by atoms with E-state index in [1.54, 1.807) is 0 Å². The molecule has 5 atom stereocenters. The zero-order valence-electron chi connectivity index (χ0n) is 15.1. The Labute approximate surface area is 152 Å². The molecule has 0 aromatic heterocycles. The molecule has 0 radical (unpaired) electrons. The smallest absolute Gasteiger partial charge is 0.404 e. The standard InChI is InChI=1S/C19H28BNO2.ClH/c1-12-5-7-13(8-6-12)9-17(21)20-22-16-11-14-10-15(18(14,2)3)19(16,4)23-20;/h5-8,14-17H,9-11,21H2,1-4H3;1H/t14-,15-,16+,17-,19-;/m0./s1. The minimum Gasteiger partial charge on any atom is -0.404 e. The molecule has 1 saturated heterocycles. The fourth-order valence-corrected chi connectivity index (χ4v) is 5.17. The van der Waals surface area contributed by atoms with Crippen molar-refractivity contribution in [2.24, 2.45) is 23.0 Å². The third-order valence-electron chi connectivity index (χ3n) is 6.91. The molecule has 24 heavy (non-hydrogen) atoms. The molecule has 1 heterocycles. The maximum Gasteiger partial charge on any atom is 0.475 e. The van der Waals surface area contributed by atoms with Crippen molar-refractivity contribution in [2.75, 3.05) is 0 Å². The van der Waals surface area contributed by atoms with E-state index in [-0.39, 0.29) is 37.2 Å². The maximum atomic E-state index is 6.45. The second-order valence-corrected chi connectivity index (χ2v) is 8.69. The van der Waals surface area contributed by atoms with Gasteiger partial charge in [0.15, 0.2) is 0 Å². The first-order valence-corrected chi connectivity index (χ1v) is 8.95. The summed E-state index contributed by atoms with van der Waals surface area (Å²) >= 11 is 0. The molecule has 1 aromatic carbocycles. The monoisotopic (exact) mass is 349 g/mol. The van der Waals surface area contributed by atoms with Crippen molar-refractivity contribution in [2.45, 2.75) is 64.6 Å². The van der Waals surface area contributed by atoms with Gasteiger partial charge in [-0.1, -0.05) is 43.7 Å². The number of hydrogen-bond donors (Lipinski definition) is 1. The molecule has 5 heteroatoms. The quantitative estimate of drug-likeness (QED) is 0.849. The van der Waals surface area contributed by atoms with Crippen molar-refractivity contribution >= 4 is 19.5 Å². The first-order chi connectivity index (χ1) is 10.8. The van der Waals surface area contributed by atoms with Crippen LogP contribution < -0.4 is 5.73 Å². The summed E-state index contributed by atoms with van der Waals surface area (Å²) in [6.07, 6.45) is 3.41. The Hall–Kier alpha value is -0.545. The maximum absolute atomic E-state index is 6.45. The SMILES string of the molecule is Cc1ccc(C[C@H](N)B2O[C@@H]3C[C@@H]4C[C@@H](C4(C)C)[C@]3(C)O2)cc1.Cl. The topological polar surface area (TPSA) is 44.5 Å². The van der Waals surface area contributed by atoms with Gasteiger partial charge in [-0.25, -0.2) is 0 Å². The van der Waals surface area contributed by atoms with E-state index in [2.05, 4.69) is 52.0 Å². The van der Waals surface area contributed by atoms with Crippen LogP contribution in [0, 0.1) is 24.2 Å². The van der Waals surface area contributed by atoms with E-state index in [4.69, 9.17) is 15.0 Å². The van der Waals surface area contributed by atoms with Gasteiger partial charge in [-0.05, 0) is 55.9 Å². The minimum atomic E-state index is -0.276. The third kappa shape index (κ3) is 2.63. The van der Waals surface area contributed by atoms with Gasteiger partial charge in [-0.2, -0.15) is 0 Å². The first kappa shape index (κ1) is 18.3. The van der Waals surface area contributed by atoms with E-state index in [1.165, 1.54) is 17.5 Å². The van der Waals surface area contributed by atoms with Crippen LogP contribution in [-0.4, -0.2) is 24.8 Å². The van der Waals surface area contributed by atoms with Gasteiger partial charge in [0.25, 0.3) is 0 Å². The fourth-order valence-electron chi connectivity index (χ4n) is 5.17. The zero-order valence-corrected chi connectivity index (χ0v) is 15.9. The highest BCUT2D eigenvalue weighted by Crippen LogP contribution is 2.65. The van der Waals surface area contributed by atoms with Gasteiger partial charge in [0, 0.05) is 5.94 Å². The molecule has 132 valence electrons. The molecule has 1 aromatic rings. The average molecular weight is 350 g/mol. The first-order valence-electron chi connectivity index (χ1n) is 8.95. The summed E-state index contributed by atoms with van der Waals surface area (Å²) in [6, 6.07) is 8.57. The van der Waals surface area contributed by atoms with Gasteiger partial charge < -0.3 is 15.0 Å². The lowest BCUT2D eigenvalue weighted by Gasteiger charge is -2.64. The van der Waals surface area contributed by atoms with Crippen LogP contribution in [0.25, 0.3) is 0 Å². The highest BCUT2D eigenvalue weighted by molar-refractivity contribution is 6.47. The number of nitrogens with two attached hydrogens (primary N) is 1. The molecule has 4 fully saturated rings. The molecule has 3 saturated carbocycles. The Kier molecular flexibility index (Phi) is 4.57. The molecular weight excluding hydrogens is 320 g/mol. The molecular formula is C19H29BClNO2. The summed E-state index contributed by atoms with van der Waals surface area (Å²) in [6.45, 7) is 9.12. The Morgan fingerprint density at radius 2 is 1.88 bits per heavy atom. The molecule has 3 nitrogen and oxygen atoms in total. The van der Waals surface area contributed by atoms with Crippen LogP contribution >= 0.6 is 12.4 Å². The lowest BCUT2D eigenvalue weighted by Crippen LogP contribution is -2.65. The summed E-state index contributed by atoms with van der Waals surface area (Å²) in [5.41, 5.74) is 9.18. The molecule has 2 N–H and O–H groups in total. The summed E-state index contributed by atoms with van der Waals surface area (Å²) < 4.78 is 12.7. The second kappa shape index (κ2) is 6.01. The van der Waals surface area contributed by atoms with Crippen LogP contribution in [0.5, 0.6) is 0 Å². The number of benzene rings is 1. The van der Waals surface area contributed by atoms with Crippen LogP contribution in [0.3, 0.4) is 0 Å². The number of aryl methyl sites for hydroxylation is 1. The molecule has 0 spiro atoms. The summed E-state index contributed by atoms with van der Waals surface area (Å²) in [4.78, 5) is 0. The summed E-state index contributed by atoms with van der Waals surface area (Å²) in [5, 5.41) is 0. The summed E-state index contributed by atoms with van der Waals surface area (Å²) in [7, 11) is -0.276. The fraction of sp³-hybridized carbons (Fsp3) is 0.684. The number of rotatable bonds is 3. The Balaban J connectivity index is 0.00000169. The van der Waals surface area contributed by atoms with Gasteiger partial charge in [0.05, 0.1) is 11.7 Å². The van der Waals surface area contributed by atoms with E-state index >= 15 is 0 Å². The molecule has 0 unspecified atom stereocenters. The second-order valence-electron chi connectivity index (χ2n) is 8.69. The largest absolute Gasteiger partial charge is 0.475 e. The normalized spacial score (nSPS) is 37.2. The van der Waals surface area contributed by atoms with Crippen molar-refractivity contribution in [3.8, 4) is 0 Å². The molecule has 0 amide bonds. The molecule has 4 aliphatic rings. The number of hydrogen-bond acceptors (Lipinski definition) is 3. The Bertz CT molecular complexity index is 608. The molecule has 5 rings (SSSR count). The van der Waals surface area contributed by atoms with Crippen LogP contribution in [0.1, 0.15) is 44.7 Å². The lowest BCUT2D eigenvalue weighted by molar-refractivity contribution is -0.199. The Morgan fingerprint density at radius 3 is 2.50 bits per heavy atom. The average Bonchev–Trinajstić information content (AvgIpc) is 2.86. The molecule has 3 aliphatic carbocycles. The third-order valence-corrected chi connectivity index (χ3v) is 6.91. The highest BCUT2D eigenvalue weighted by Gasteiger charge is 2.68. The van der Waals surface area contributed by atoms with E-state index in [1.807, 2.05) is 0 Å². The van der Waals surface area contributed by atoms with Gasteiger partial charge in [0.1, 0.15) is 0 Å². The van der Waals surface area contributed by atoms with Crippen LogP contribution in [0.2, 0.25) is 0 Å². The van der Waals surface area contributed by atoms with Crippen LogP contribution in [0.15, 0.2) is 24.3 Å². The van der Waals surface area contributed by atoms with Crippen LogP contribution in [0.4, 0.5) is 0 Å². The molecule has 2 bridgehead atoms. The number of halogens is 1. The van der Waals surface area contributed by atoms with Gasteiger partial charge in [0.2, 0.25) is 0 Å². The van der Waals surface area contributed by atoms with E-state index in [9.17, 15) is 0 Å². The van der Waals surface area contributed by atoms with E-state index < -0.39 is 0 Å². The van der Waals surface area contributed by atoms with Crippen molar-refractivity contribution in [1.29, 1.82) is 0 Å². The van der Waals surface area contributed by atoms with Crippen molar-refractivity contribution < 1.29 is 9.31 Å². The zero-order chi connectivity index (χ0) is 16.4. The van der Waals surface area contributed by atoms with Crippen molar-refractivity contribution in [3.05, 3.63) is 35.4 Å². The predicted octanol–water partition coefficient (Wildman–Crippen LogP) is 3.55. The van der Waals surface area contributed by atoms with E-state index in [0.717, 1.165) is 18.8 Å². The van der Waals surface area contributed by atoms with Gasteiger partial charge >= 0.3 is 7.12 Å². The lowest BCUT2D eigenvalue weighted by atomic mass is 9.43. The molecule has 1 aliphatic heterocycles. The van der Waals surface area contributed by atoms with Crippen LogP contribution in [-0.2, 0) is 15.7 Å². The van der Waals surface area contributed by atoms with Crippen molar-refractivity contribution in [1.82, 2.24) is 0 Å². The van der Waals surface area contributed by atoms with Gasteiger partial charge in [-0.3, -0.25) is 0 Å². The van der Waals surface area contributed by atoms with Crippen molar-refractivity contribution in [3.63, 3.8) is 0 Å². The minimum absolute atomic E-state index is 0. The Morgan fingerprint density at radius 1 is 1.21 bits per heavy atom. The predicted molar refractivity (Wildman–Crippen MR) is 100 cm³/mol. The van der Waals surface area contributed by atoms with E-state index in [0.29, 0.717) is 11.3 Å². The van der Waals surface area contributed by atoms with Gasteiger partial charge in [-0.15, -0.1) is 12.4 Å². The summed E-state index contributed by atoms with van der Waals surface area (Å²) in [5.74, 6) is 1.26.